The third-order valence-electron chi connectivity index (χ3n) is 3.38. The van der Waals surface area contributed by atoms with Crippen LogP contribution in [0.25, 0.3) is 0 Å². The molecular weight excluding hydrogens is 342 g/mol. The molecule has 0 saturated carbocycles. The van der Waals surface area contributed by atoms with Gasteiger partial charge in [-0.15, -0.1) is 0 Å². The van der Waals surface area contributed by atoms with E-state index in [2.05, 4.69) is 10.4 Å². The third kappa shape index (κ3) is 5.32. The molecule has 0 spiro atoms. The fraction of sp³-hybridized carbons (Fsp3) is 0.389. The van der Waals surface area contributed by atoms with Crippen LogP contribution in [0.5, 0.6) is 0 Å². The Morgan fingerprint density at radius 1 is 1.32 bits per heavy atom. The Morgan fingerprint density at radius 2 is 1.96 bits per heavy atom. The second kappa shape index (κ2) is 7.70. The summed E-state index contributed by atoms with van der Waals surface area (Å²) in [6.45, 7) is 5.41. The Bertz CT molecular complexity index is 797. The van der Waals surface area contributed by atoms with Crippen molar-refractivity contribution >= 4 is 23.3 Å². The SMILES string of the molecule is Cn1ncc(NC(Cc2ccccc2)C(=O)OC(C)(C)C)c(Cl)c1=O. The summed E-state index contributed by atoms with van der Waals surface area (Å²) in [4.78, 5) is 24.5. The number of nitrogens with one attached hydrogen (secondary N) is 1. The Labute approximate surface area is 151 Å². The molecule has 0 saturated heterocycles. The predicted octanol–water partition coefficient (Wildman–Crippen LogP) is 2.80. The minimum absolute atomic E-state index is 0.0147. The molecule has 1 atom stereocenters. The Balaban J connectivity index is 2.29. The van der Waals surface area contributed by atoms with Gasteiger partial charge in [-0.3, -0.25) is 4.79 Å². The van der Waals surface area contributed by atoms with Gasteiger partial charge in [0.1, 0.15) is 16.7 Å². The number of hydrogen-bond acceptors (Lipinski definition) is 5. The number of benzene rings is 1. The van der Waals surface area contributed by atoms with Crippen LogP contribution in [0.4, 0.5) is 5.69 Å². The highest BCUT2D eigenvalue weighted by Crippen LogP contribution is 2.19. The fourth-order valence-electron chi connectivity index (χ4n) is 2.22. The smallest absolute Gasteiger partial charge is 0.329 e. The van der Waals surface area contributed by atoms with Crippen LogP contribution in [-0.2, 0) is 23.0 Å². The lowest BCUT2D eigenvalue weighted by atomic mass is 10.1. The molecular formula is C18H22ClN3O3. The number of esters is 1. The van der Waals surface area contributed by atoms with Crippen molar-refractivity contribution in [3.05, 3.63) is 57.5 Å². The summed E-state index contributed by atoms with van der Waals surface area (Å²) in [7, 11) is 1.51. The van der Waals surface area contributed by atoms with E-state index in [9.17, 15) is 9.59 Å². The molecule has 0 aliphatic rings. The van der Waals surface area contributed by atoms with Gasteiger partial charge >= 0.3 is 5.97 Å². The molecule has 7 heteroatoms. The molecule has 0 aliphatic heterocycles. The topological polar surface area (TPSA) is 73.2 Å². The number of aromatic nitrogens is 2. The van der Waals surface area contributed by atoms with E-state index < -0.39 is 23.2 Å². The van der Waals surface area contributed by atoms with Gasteiger partial charge < -0.3 is 10.1 Å². The maximum absolute atomic E-state index is 12.6. The average molecular weight is 364 g/mol. The lowest BCUT2D eigenvalue weighted by molar-refractivity contribution is -0.155. The highest BCUT2D eigenvalue weighted by molar-refractivity contribution is 6.33. The van der Waals surface area contributed by atoms with Crippen LogP contribution in [0.3, 0.4) is 0 Å². The van der Waals surface area contributed by atoms with Gasteiger partial charge in [0, 0.05) is 13.5 Å². The summed E-state index contributed by atoms with van der Waals surface area (Å²) in [5.41, 5.74) is 0.201. The van der Waals surface area contributed by atoms with Crippen molar-refractivity contribution in [1.29, 1.82) is 0 Å². The molecule has 0 fully saturated rings. The number of rotatable bonds is 5. The van der Waals surface area contributed by atoms with Crippen LogP contribution in [0, 0.1) is 0 Å². The molecule has 1 aromatic heterocycles. The average Bonchev–Trinajstić information content (AvgIpc) is 2.54. The highest BCUT2D eigenvalue weighted by Gasteiger charge is 2.26. The van der Waals surface area contributed by atoms with Crippen LogP contribution in [0.2, 0.25) is 5.02 Å². The van der Waals surface area contributed by atoms with Gasteiger partial charge in [0.25, 0.3) is 5.56 Å². The van der Waals surface area contributed by atoms with E-state index in [1.165, 1.54) is 13.2 Å². The molecule has 0 amide bonds. The first-order chi connectivity index (χ1) is 11.7. The molecule has 1 unspecified atom stereocenters. The second-order valence-electron chi connectivity index (χ2n) is 6.72. The molecule has 1 heterocycles. The Morgan fingerprint density at radius 3 is 2.56 bits per heavy atom. The lowest BCUT2D eigenvalue weighted by Crippen LogP contribution is -2.38. The summed E-state index contributed by atoms with van der Waals surface area (Å²) in [6, 6.07) is 8.84. The zero-order valence-corrected chi connectivity index (χ0v) is 15.5. The minimum atomic E-state index is -0.701. The number of carbonyl (C=O) groups excluding carboxylic acids is 1. The summed E-state index contributed by atoms with van der Waals surface area (Å²) in [5, 5.41) is 6.93. The predicted molar refractivity (Wildman–Crippen MR) is 97.9 cm³/mol. The van der Waals surface area contributed by atoms with E-state index in [4.69, 9.17) is 16.3 Å². The molecule has 0 aliphatic carbocycles. The summed E-state index contributed by atoms with van der Waals surface area (Å²) in [5.74, 6) is -0.423. The van der Waals surface area contributed by atoms with Crippen molar-refractivity contribution in [3.8, 4) is 0 Å². The third-order valence-corrected chi connectivity index (χ3v) is 3.75. The van der Waals surface area contributed by atoms with Crippen LogP contribution in [0.15, 0.2) is 41.3 Å². The molecule has 2 aromatic rings. The van der Waals surface area contributed by atoms with Crippen molar-refractivity contribution in [2.45, 2.75) is 38.8 Å². The van der Waals surface area contributed by atoms with Crippen molar-refractivity contribution in [1.82, 2.24) is 9.78 Å². The zero-order valence-electron chi connectivity index (χ0n) is 14.7. The maximum atomic E-state index is 12.6. The van der Waals surface area contributed by atoms with Crippen LogP contribution >= 0.6 is 11.6 Å². The fourth-order valence-corrected chi connectivity index (χ4v) is 2.44. The van der Waals surface area contributed by atoms with E-state index in [1.54, 1.807) is 20.8 Å². The lowest BCUT2D eigenvalue weighted by Gasteiger charge is -2.25. The van der Waals surface area contributed by atoms with E-state index >= 15 is 0 Å². The van der Waals surface area contributed by atoms with Crippen LogP contribution < -0.4 is 10.9 Å². The van der Waals surface area contributed by atoms with Gasteiger partial charge in [-0.25, -0.2) is 9.48 Å². The van der Waals surface area contributed by atoms with Crippen molar-refractivity contribution in [2.24, 2.45) is 7.05 Å². The highest BCUT2D eigenvalue weighted by atomic mass is 35.5. The number of carbonyl (C=O) groups is 1. The van der Waals surface area contributed by atoms with Crippen molar-refractivity contribution in [3.63, 3.8) is 0 Å². The number of ether oxygens (including phenoxy) is 1. The van der Waals surface area contributed by atoms with Gasteiger partial charge in [0.15, 0.2) is 0 Å². The van der Waals surface area contributed by atoms with Crippen molar-refractivity contribution in [2.75, 3.05) is 5.32 Å². The van der Waals surface area contributed by atoms with E-state index in [-0.39, 0.29) is 5.02 Å². The first kappa shape index (κ1) is 19.0. The number of nitrogens with zero attached hydrogens (tertiary/aromatic N) is 2. The first-order valence-electron chi connectivity index (χ1n) is 7.92. The monoisotopic (exact) mass is 363 g/mol. The zero-order chi connectivity index (χ0) is 18.6. The Hall–Kier alpha value is -2.34. The van der Waals surface area contributed by atoms with Crippen molar-refractivity contribution < 1.29 is 9.53 Å². The normalized spacial score (nSPS) is 12.5. The molecule has 134 valence electrons. The molecule has 0 radical (unpaired) electrons. The molecule has 2 rings (SSSR count). The second-order valence-corrected chi connectivity index (χ2v) is 7.10. The largest absolute Gasteiger partial charge is 0.458 e. The van der Waals surface area contributed by atoms with E-state index in [0.717, 1.165) is 10.2 Å². The first-order valence-corrected chi connectivity index (χ1v) is 8.30. The summed E-state index contributed by atoms with van der Waals surface area (Å²) >= 11 is 6.10. The van der Waals surface area contributed by atoms with Gasteiger partial charge in [0.05, 0.1) is 11.9 Å². The van der Waals surface area contributed by atoms with Gasteiger partial charge in [-0.2, -0.15) is 5.10 Å². The molecule has 1 aromatic carbocycles. The Kier molecular flexibility index (Phi) is 5.85. The standard InChI is InChI=1S/C18H22ClN3O3/c1-18(2,3)25-17(24)13(10-12-8-6-5-7-9-12)21-14-11-20-22(4)16(23)15(14)19/h5-9,11,13,21H,10H2,1-4H3. The van der Waals surface area contributed by atoms with Gasteiger partial charge in [0.2, 0.25) is 0 Å². The summed E-state index contributed by atoms with van der Waals surface area (Å²) < 4.78 is 6.62. The molecule has 6 nitrogen and oxygen atoms in total. The number of aryl methyl sites for hydroxylation is 1. The number of anilines is 1. The molecule has 25 heavy (non-hydrogen) atoms. The van der Waals surface area contributed by atoms with Gasteiger partial charge in [-0.1, -0.05) is 41.9 Å². The van der Waals surface area contributed by atoms with Crippen LogP contribution in [0.1, 0.15) is 26.3 Å². The van der Waals surface area contributed by atoms with Crippen LogP contribution in [-0.4, -0.2) is 27.4 Å². The number of hydrogen-bond donors (Lipinski definition) is 1. The quantitative estimate of drug-likeness (QED) is 0.827. The summed E-state index contributed by atoms with van der Waals surface area (Å²) in [6.07, 6.45) is 1.81. The van der Waals surface area contributed by atoms with Gasteiger partial charge in [-0.05, 0) is 26.3 Å². The molecule has 1 N–H and O–H groups in total. The molecule has 0 bridgehead atoms. The minimum Gasteiger partial charge on any atom is -0.458 e. The van der Waals surface area contributed by atoms with E-state index in [1.807, 2.05) is 30.3 Å². The van der Waals surface area contributed by atoms with E-state index in [0.29, 0.717) is 12.1 Å². The number of halogens is 1. The maximum Gasteiger partial charge on any atom is 0.329 e.